The molecule has 122 valence electrons. The van der Waals surface area contributed by atoms with Crippen LogP contribution in [-0.4, -0.2) is 15.9 Å². The van der Waals surface area contributed by atoms with Crippen molar-refractivity contribution in [1.82, 2.24) is 4.98 Å². The Labute approximate surface area is 148 Å². The summed E-state index contributed by atoms with van der Waals surface area (Å²) in [6.07, 6.45) is 1.35. The molecule has 0 aliphatic heterocycles. The molecule has 4 nitrogen and oxygen atoms in total. The number of aryl methyl sites for hydroxylation is 2. The minimum Gasteiger partial charge on any atom is -0.358 e. The largest absolute Gasteiger partial charge is 0.358 e. The molecule has 0 fully saturated rings. The van der Waals surface area contributed by atoms with Crippen LogP contribution in [0.3, 0.4) is 0 Å². The van der Waals surface area contributed by atoms with Gasteiger partial charge in [0.25, 0.3) is 0 Å². The van der Waals surface area contributed by atoms with Gasteiger partial charge in [0, 0.05) is 32.4 Å². The molecule has 1 N–H and O–H groups in total. The van der Waals surface area contributed by atoms with Crippen molar-refractivity contribution < 1.29 is 4.92 Å². The summed E-state index contributed by atoms with van der Waals surface area (Å²) in [4.78, 5) is 15.1. The first-order valence-corrected chi connectivity index (χ1v) is 8.84. The van der Waals surface area contributed by atoms with Gasteiger partial charge in [-0.1, -0.05) is 40.2 Å². The third kappa shape index (κ3) is 2.35. The standard InChI is InChI=1S/C19H17BrN2O2/c1-11-18(15-10-13(20)7-8-16(15)21-11)19-14-5-3-2-4-12(14)6-9-17(19)22(23)24/h2-5,7-8,10,17,19,21H,6,9H2,1H3/t17-,19-/m0/s1. The van der Waals surface area contributed by atoms with Gasteiger partial charge in [-0.25, -0.2) is 0 Å². The molecule has 1 heterocycles. The predicted molar refractivity (Wildman–Crippen MR) is 98.1 cm³/mol. The highest BCUT2D eigenvalue weighted by atomic mass is 79.9. The van der Waals surface area contributed by atoms with Crippen molar-refractivity contribution in [2.24, 2.45) is 0 Å². The minimum atomic E-state index is -0.586. The van der Waals surface area contributed by atoms with Crippen LogP contribution in [0.4, 0.5) is 0 Å². The Morgan fingerprint density at radius 2 is 2.04 bits per heavy atom. The number of aromatic nitrogens is 1. The Hall–Kier alpha value is -2.14. The van der Waals surface area contributed by atoms with Gasteiger partial charge in [0.05, 0.1) is 5.92 Å². The SMILES string of the molecule is Cc1[nH]c2ccc(Br)cc2c1[C@H]1c2ccccc2CC[C@@H]1[N+](=O)[O-]. The summed E-state index contributed by atoms with van der Waals surface area (Å²) in [5.74, 6) is -0.215. The lowest BCUT2D eigenvalue weighted by molar-refractivity contribution is -0.526. The summed E-state index contributed by atoms with van der Waals surface area (Å²) in [7, 11) is 0. The van der Waals surface area contributed by atoms with Crippen molar-refractivity contribution in [2.75, 3.05) is 0 Å². The number of hydrogen-bond donors (Lipinski definition) is 1. The molecule has 3 aromatic rings. The Balaban J connectivity index is 2.00. The number of hydrogen-bond acceptors (Lipinski definition) is 2. The maximum absolute atomic E-state index is 11.8. The maximum Gasteiger partial charge on any atom is 0.224 e. The highest BCUT2D eigenvalue weighted by Gasteiger charge is 2.40. The number of halogens is 1. The van der Waals surface area contributed by atoms with Crippen molar-refractivity contribution in [3.05, 3.63) is 79.4 Å². The second-order valence-corrected chi connectivity index (χ2v) is 7.34. The number of nitrogens with one attached hydrogen (secondary N) is 1. The van der Waals surface area contributed by atoms with Crippen LogP contribution in [-0.2, 0) is 6.42 Å². The lowest BCUT2D eigenvalue weighted by Crippen LogP contribution is -2.33. The van der Waals surface area contributed by atoms with Gasteiger partial charge in [0.1, 0.15) is 0 Å². The maximum atomic E-state index is 11.8. The van der Waals surface area contributed by atoms with Gasteiger partial charge in [-0.2, -0.15) is 0 Å². The van der Waals surface area contributed by atoms with Gasteiger partial charge in [-0.3, -0.25) is 10.1 Å². The van der Waals surface area contributed by atoms with E-state index in [4.69, 9.17) is 0 Å². The number of fused-ring (bicyclic) bond motifs is 2. The Kier molecular flexibility index (Phi) is 3.68. The van der Waals surface area contributed by atoms with Crippen LogP contribution in [0.1, 0.15) is 34.7 Å². The van der Waals surface area contributed by atoms with Crippen LogP contribution >= 0.6 is 15.9 Å². The van der Waals surface area contributed by atoms with E-state index >= 15 is 0 Å². The fraction of sp³-hybridized carbons (Fsp3) is 0.263. The first-order chi connectivity index (χ1) is 11.6. The van der Waals surface area contributed by atoms with Gasteiger partial charge in [-0.05, 0) is 48.2 Å². The number of aromatic amines is 1. The van der Waals surface area contributed by atoms with Crippen molar-refractivity contribution in [3.8, 4) is 0 Å². The Morgan fingerprint density at radius 1 is 1.25 bits per heavy atom. The summed E-state index contributed by atoms with van der Waals surface area (Å²) in [6.45, 7) is 2.01. The molecule has 1 aliphatic carbocycles. The number of H-pyrrole nitrogens is 1. The van der Waals surface area contributed by atoms with Crippen molar-refractivity contribution >= 4 is 26.8 Å². The molecule has 0 saturated carbocycles. The van der Waals surface area contributed by atoms with Crippen LogP contribution in [0.25, 0.3) is 10.9 Å². The molecule has 0 unspecified atom stereocenters. The van der Waals surface area contributed by atoms with Gasteiger partial charge < -0.3 is 4.98 Å². The highest BCUT2D eigenvalue weighted by molar-refractivity contribution is 9.10. The third-order valence-electron chi connectivity index (χ3n) is 5.06. The monoisotopic (exact) mass is 384 g/mol. The number of rotatable bonds is 2. The zero-order chi connectivity index (χ0) is 16.8. The van der Waals surface area contributed by atoms with Crippen molar-refractivity contribution in [1.29, 1.82) is 0 Å². The van der Waals surface area contributed by atoms with Crippen LogP contribution in [0.2, 0.25) is 0 Å². The highest BCUT2D eigenvalue weighted by Crippen LogP contribution is 2.42. The van der Waals surface area contributed by atoms with Crippen LogP contribution < -0.4 is 0 Å². The number of nitro groups is 1. The van der Waals surface area contributed by atoms with Gasteiger partial charge in [0.15, 0.2) is 0 Å². The molecule has 0 amide bonds. The Morgan fingerprint density at radius 3 is 2.83 bits per heavy atom. The van der Waals surface area contributed by atoms with Gasteiger partial charge in [-0.15, -0.1) is 0 Å². The van der Waals surface area contributed by atoms with Gasteiger partial charge in [0.2, 0.25) is 6.04 Å². The molecule has 0 saturated heterocycles. The molecule has 2 aromatic carbocycles. The summed E-state index contributed by atoms with van der Waals surface area (Å²) in [5, 5.41) is 12.8. The lowest BCUT2D eigenvalue weighted by atomic mass is 9.75. The molecular weight excluding hydrogens is 368 g/mol. The third-order valence-corrected chi connectivity index (χ3v) is 5.56. The van der Waals surface area contributed by atoms with Crippen LogP contribution in [0.15, 0.2) is 46.9 Å². The van der Waals surface area contributed by atoms with E-state index < -0.39 is 6.04 Å². The fourth-order valence-electron chi connectivity index (χ4n) is 4.04. The number of benzene rings is 2. The first-order valence-electron chi connectivity index (χ1n) is 8.05. The molecule has 0 bridgehead atoms. The zero-order valence-electron chi connectivity index (χ0n) is 13.3. The zero-order valence-corrected chi connectivity index (χ0v) is 14.8. The Bertz CT molecular complexity index is 948. The van der Waals surface area contributed by atoms with Crippen LogP contribution in [0.5, 0.6) is 0 Å². The van der Waals surface area contributed by atoms with E-state index in [2.05, 4.69) is 33.0 Å². The van der Waals surface area contributed by atoms with E-state index in [0.717, 1.165) is 38.6 Å². The molecule has 5 heteroatoms. The molecular formula is C19H17BrN2O2. The quantitative estimate of drug-likeness (QED) is 0.501. The topological polar surface area (TPSA) is 58.9 Å². The number of nitrogens with zero attached hydrogens (tertiary/aromatic N) is 1. The van der Waals surface area contributed by atoms with Crippen molar-refractivity contribution in [3.63, 3.8) is 0 Å². The summed E-state index contributed by atoms with van der Waals surface area (Å²) < 4.78 is 0.983. The molecule has 0 radical (unpaired) electrons. The normalized spacial score (nSPS) is 20.1. The molecule has 1 aromatic heterocycles. The molecule has 2 atom stereocenters. The van der Waals surface area contributed by atoms with Crippen LogP contribution in [0, 0.1) is 17.0 Å². The van der Waals surface area contributed by atoms with Crippen molar-refractivity contribution in [2.45, 2.75) is 31.7 Å². The van der Waals surface area contributed by atoms with E-state index in [1.165, 1.54) is 5.56 Å². The van der Waals surface area contributed by atoms with E-state index in [1.54, 1.807) is 0 Å². The summed E-state index contributed by atoms with van der Waals surface area (Å²) >= 11 is 3.53. The van der Waals surface area contributed by atoms with E-state index in [0.29, 0.717) is 6.42 Å². The average Bonchev–Trinajstić information content (AvgIpc) is 2.88. The fourth-order valence-corrected chi connectivity index (χ4v) is 4.40. The molecule has 24 heavy (non-hydrogen) atoms. The molecule has 1 aliphatic rings. The summed E-state index contributed by atoms with van der Waals surface area (Å²) in [5.41, 5.74) is 5.41. The van der Waals surface area contributed by atoms with E-state index in [-0.39, 0.29) is 10.8 Å². The lowest BCUT2D eigenvalue weighted by Gasteiger charge is -2.29. The average molecular weight is 385 g/mol. The van der Waals surface area contributed by atoms with Gasteiger partial charge >= 0.3 is 0 Å². The summed E-state index contributed by atoms with van der Waals surface area (Å²) in [6, 6.07) is 13.6. The minimum absolute atomic E-state index is 0.100. The predicted octanol–water partition coefficient (Wildman–Crippen LogP) is 4.96. The molecule has 4 rings (SSSR count). The second kappa shape index (κ2) is 5.74. The van der Waals surface area contributed by atoms with E-state index in [9.17, 15) is 10.1 Å². The smallest absolute Gasteiger partial charge is 0.224 e. The van der Waals surface area contributed by atoms with E-state index in [1.807, 2.05) is 37.3 Å². The first kappa shape index (κ1) is 15.4. The second-order valence-electron chi connectivity index (χ2n) is 6.42. The molecule has 0 spiro atoms.